The molecule has 0 saturated carbocycles. The first-order chi connectivity index (χ1) is 22.3. The number of aromatic nitrogens is 2. The zero-order chi connectivity index (χ0) is 32.1. The van der Waals surface area contributed by atoms with Gasteiger partial charge in [-0.05, 0) is 60.2 Å². The molecule has 1 aliphatic carbocycles. The number of nitrogens with zero attached hydrogens (tertiary/aromatic N) is 4. The molecule has 244 valence electrons. The summed E-state index contributed by atoms with van der Waals surface area (Å²) in [4.78, 5) is 25.5. The normalized spacial score (nSPS) is 25.5. The molecule has 6 rings (SSSR count). The largest absolute Gasteiger partial charge is 0.481 e. The van der Waals surface area contributed by atoms with Crippen molar-refractivity contribution in [3.8, 4) is 0 Å². The molecule has 0 radical (unpaired) electrons. The molecule has 4 atom stereocenters. The monoisotopic (exact) mass is 627 g/mol. The fourth-order valence-corrected chi connectivity index (χ4v) is 7.02. The Kier molecular flexibility index (Phi) is 10.1. The molecule has 2 aromatic heterocycles. The maximum atomic E-state index is 11.4. The number of anilines is 1. The van der Waals surface area contributed by atoms with Gasteiger partial charge in [0.25, 0.3) is 0 Å². The number of pyridine rings is 2. The predicted molar refractivity (Wildman–Crippen MR) is 178 cm³/mol. The Morgan fingerprint density at radius 2 is 2.02 bits per heavy atom. The number of morpholine rings is 1. The summed E-state index contributed by atoms with van der Waals surface area (Å²) in [5.41, 5.74) is 4.45. The van der Waals surface area contributed by atoms with Gasteiger partial charge in [0.2, 0.25) is 0 Å². The Morgan fingerprint density at radius 3 is 2.83 bits per heavy atom. The van der Waals surface area contributed by atoms with Gasteiger partial charge in [-0.2, -0.15) is 0 Å². The van der Waals surface area contributed by atoms with Crippen LogP contribution in [0.3, 0.4) is 0 Å². The van der Waals surface area contributed by atoms with Gasteiger partial charge in [-0.25, -0.2) is 4.98 Å². The van der Waals surface area contributed by atoms with Crippen LogP contribution in [0, 0.1) is 12.8 Å². The van der Waals surface area contributed by atoms with Gasteiger partial charge in [0.1, 0.15) is 5.52 Å². The van der Waals surface area contributed by atoms with Gasteiger partial charge >= 0.3 is 5.97 Å². The Labute approximate surface area is 270 Å². The lowest BCUT2D eigenvalue weighted by Crippen LogP contribution is -2.48. The zero-order valence-corrected chi connectivity index (χ0v) is 26.8. The van der Waals surface area contributed by atoms with E-state index in [2.05, 4.69) is 72.6 Å². The molecule has 3 N–H and O–H groups in total. The quantitative estimate of drug-likeness (QED) is 0.196. The number of aryl methyl sites for hydroxylation is 1. The molecule has 3 aliphatic rings. The number of carboxylic acids is 1. The number of fused-ring (bicyclic) bond motifs is 1. The third-order valence-electron chi connectivity index (χ3n) is 9.52. The number of carbonyl (C=O) groups is 1. The lowest BCUT2D eigenvalue weighted by Gasteiger charge is -2.41. The van der Waals surface area contributed by atoms with E-state index in [1.165, 1.54) is 16.7 Å². The molecule has 2 aliphatic heterocycles. The summed E-state index contributed by atoms with van der Waals surface area (Å²) in [5.74, 6) is -0.252. The van der Waals surface area contributed by atoms with Crippen molar-refractivity contribution in [2.75, 3.05) is 51.3 Å². The minimum Gasteiger partial charge on any atom is -0.481 e. The van der Waals surface area contributed by atoms with Gasteiger partial charge in [-0.1, -0.05) is 43.3 Å². The van der Waals surface area contributed by atoms with Crippen LogP contribution in [-0.4, -0.2) is 99.8 Å². The lowest BCUT2D eigenvalue weighted by atomic mass is 9.80. The highest BCUT2D eigenvalue weighted by Gasteiger charge is 2.40. The highest BCUT2D eigenvalue weighted by molar-refractivity contribution is 5.89. The molecule has 2 fully saturated rings. The highest BCUT2D eigenvalue weighted by Crippen LogP contribution is 2.40. The molecule has 0 amide bonds. The number of aliphatic carboxylic acids is 1. The summed E-state index contributed by atoms with van der Waals surface area (Å²) < 4.78 is 12.4. The molecule has 10 heteroatoms. The van der Waals surface area contributed by atoms with E-state index in [1.807, 2.05) is 17.2 Å². The van der Waals surface area contributed by atoms with E-state index in [4.69, 9.17) is 19.4 Å². The predicted octanol–water partition coefficient (Wildman–Crippen LogP) is 4.48. The van der Waals surface area contributed by atoms with Crippen LogP contribution in [0.1, 0.15) is 42.9 Å². The second-order valence-corrected chi connectivity index (χ2v) is 12.7. The number of aliphatic hydroxyl groups is 1. The number of hydrogen-bond donors (Lipinski definition) is 3. The highest BCUT2D eigenvalue weighted by atomic mass is 16.5. The van der Waals surface area contributed by atoms with Crippen molar-refractivity contribution in [2.24, 2.45) is 5.92 Å². The van der Waals surface area contributed by atoms with E-state index in [0.717, 1.165) is 55.7 Å². The molecular weight excluding hydrogens is 582 g/mol. The van der Waals surface area contributed by atoms with E-state index in [0.29, 0.717) is 31.9 Å². The molecule has 2 saturated heterocycles. The van der Waals surface area contributed by atoms with Gasteiger partial charge in [0.05, 0.1) is 32.3 Å². The average Bonchev–Trinajstić information content (AvgIpc) is 3.38. The van der Waals surface area contributed by atoms with Gasteiger partial charge in [0, 0.05) is 62.5 Å². The summed E-state index contributed by atoms with van der Waals surface area (Å²) in [6, 6.07) is 12.3. The van der Waals surface area contributed by atoms with Crippen LogP contribution >= 0.6 is 0 Å². The van der Waals surface area contributed by atoms with Crippen molar-refractivity contribution in [2.45, 2.75) is 57.5 Å². The molecule has 1 aromatic carbocycles. The van der Waals surface area contributed by atoms with E-state index < -0.39 is 17.8 Å². The van der Waals surface area contributed by atoms with E-state index >= 15 is 0 Å². The van der Waals surface area contributed by atoms with Crippen LogP contribution in [0.15, 0.2) is 67.0 Å². The van der Waals surface area contributed by atoms with Crippen molar-refractivity contribution >= 4 is 28.3 Å². The molecule has 0 bridgehead atoms. The topological polar surface area (TPSA) is 120 Å². The van der Waals surface area contributed by atoms with E-state index in [9.17, 15) is 15.0 Å². The third-order valence-corrected chi connectivity index (χ3v) is 9.52. The van der Waals surface area contributed by atoms with Crippen LogP contribution < -0.4 is 5.32 Å². The Balaban J connectivity index is 1.25. The summed E-state index contributed by atoms with van der Waals surface area (Å²) in [5, 5.41) is 24.2. The van der Waals surface area contributed by atoms with Crippen LogP contribution in [0.25, 0.3) is 16.5 Å². The number of β-amino-alcohol motifs (C(OH)–C–C–N with tert-alkyl or cyclic N) is 1. The third kappa shape index (κ3) is 7.32. The summed E-state index contributed by atoms with van der Waals surface area (Å²) in [6.45, 7) is 10.3. The average molecular weight is 628 g/mol. The first-order valence-electron chi connectivity index (χ1n) is 16.4. The molecule has 4 unspecified atom stereocenters. The molecule has 10 nitrogen and oxygen atoms in total. The number of ether oxygens (including phenoxy) is 2. The van der Waals surface area contributed by atoms with Gasteiger partial charge in [-0.3, -0.25) is 19.6 Å². The number of likely N-dealkylation sites (tertiary alicyclic amines) is 1. The summed E-state index contributed by atoms with van der Waals surface area (Å²) in [6.07, 6.45) is 10.8. The maximum Gasteiger partial charge on any atom is 0.304 e. The molecule has 4 heterocycles. The zero-order valence-electron chi connectivity index (χ0n) is 26.8. The summed E-state index contributed by atoms with van der Waals surface area (Å²) >= 11 is 0. The minimum atomic E-state index is -0.855. The van der Waals surface area contributed by atoms with Gasteiger partial charge < -0.3 is 25.0 Å². The number of allylic oxidation sites excluding steroid dienone is 2. The number of carboxylic acid groups (broad SMARTS) is 1. The van der Waals surface area contributed by atoms with E-state index in [-0.39, 0.29) is 18.4 Å². The van der Waals surface area contributed by atoms with Crippen molar-refractivity contribution in [3.63, 3.8) is 0 Å². The van der Waals surface area contributed by atoms with Crippen LogP contribution in [0.5, 0.6) is 0 Å². The van der Waals surface area contributed by atoms with Crippen LogP contribution in [0.2, 0.25) is 0 Å². The van der Waals surface area contributed by atoms with Gasteiger partial charge in [0.15, 0.2) is 11.5 Å². The lowest BCUT2D eigenvalue weighted by molar-refractivity contribution is -0.138. The smallest absolute Gasteiger partial charge is 0.304 e. The molecular formula is C36H45N5O5. The minimum absolute atomic E-state index is 0.00916. The van der Waals surface area contributed by atoms with Crippen molar-refractivity contribution in [1.82, 2.24) is 19.8 Å². The molecule has 0 spiro atoms. The number of aliphatic hydroxyl groups excluding tert-OH is 1. The fraction of sp³-hybridized carbons (Fsp3) is 0.472. The van der Waals surface area contributed by atoms with Gasteiger partial charge in [-0.15, -0.1) is 0 Å². The van der Waals surface area contributed by atoms with E-state index in [1.54, 1.807) is 6.20 Å². The maximum absolute atomic E-state index is 11.4. The van der Waals surface area contributed by atoms with Crippen molar-refractivity contribution in [3.05, 3.63) is 83.7 Å². The number of hydrogen-bond acceptors (Lipinski definition) is 9. The summed E-state index contributed by atoms with van der Waals surface area (Å²) in [7, 11) is 0. The SMILES string of the molecule is Cc1ccccc1C1=CC=CC(Nc2nccc3cc(CN4CC(O)CC4CC(=O)O)cnc23)(OCCCN2CCOCC2)C1C. The molecule has 46 heavy (non-hydrogen) atoms. The molecule has 3 aromatic rings. The Hall–Kier alpha value is -3.67. The fourth-order valence-electron chi connectivity index (χ4n) is 7.02. The van der Waals surface area contributed by atoms with Crippen LogP contribution in [-0.2, 0) is 20.8 Å². The van der Waals surface area contributed by atoms with Crippen molar-refractivity contribution in [1.29, 1.82) is 0 Å². The second kappa shape index (κ2) is 14.4. The number of rotatable bonds is 12. The number of benzene rings is 1. The Morgan fingerprint density at radius 1 is 1.20 bits per heavy atom. The van der Waals surface area contributed by atoms with Crippen LogP contribution in [0.4, 0.5) is 5.82 Å². The standard InChI is InChI=1S/C36H45N5O5/c1-25-7-3-4-8-31(25)32-9-5-11-36(26(32)2,46-16-6-13-40-14-17-45-18-15-40)39-35-34-28(10-12-37-35)19-27(22-38-34)23-41-24-30(42)20-29(41)21-33(43)44/h3-5,7-12,19,22,26,29-30,42H,6,13-18,20-21,23-24H2,1-2H3,(H,37,39)(H,43,44). The first kappa shape index (κ1) is 32.3. The second-order valence-electron chi connectivity index (χ2n) is 12.7. The number of nitrogens with one attached hydrogen (secondary N) is 1. The Bertz CT molecular complexity index is 1590. The first-order valence-corrected chi connectivity index (χ1v) is 16.4. The van der Waals surface area contributed by atoms with Crippen molar-refractivity contribution < 1.29 is 24.5 Å².